The molecule has 8 heteroatoms. The van der Waals surface area contributed by atoms with Gasteiger partial charge in [-0.05, 0) is 47.9 Å². The van der Waals surface area contributed by atoms with Crippen molar-refractivity contribution in [2.45, 2.75) is 30.4 Å². The molecule has 0 aliphatic carbocycles. The van der Waals surface area contributed by atoms with E-state index in [0.717, 1.165) is 11.1 Å². The van der Waals surface area contributed by atoms with Crippen LogP contribution in [0.1, 0.15) is 52.5 Å². The fourth-order valence-electron chi connectivity index (χ4n) is 3.87. The minimum atomic E-state index is -0.675. The minimum absolute atomic E-state index is 0.241. The fourth-order valence-corrected chi connectivity index (χ4v) is 4.27. The third kappa shape index (κ3) is 6.90. The second kappa shape index (κ2) is 12.4. The maximum absolute atomic E-state index is 13.0. The second-order valence-electron chi connectivity index (χ2n) is 8.33. The van der Waals surface area contributed by atoms with Gasteiger partial charge in [0.1, 0.15) is 0 Å². The van der Waals surface area contributed by atoms with Crippen LogP contribution < -0.4 is 10.6 Å². The zero-order valence-corrected chi connectivity index (χ0v) is 21.7. The molecule has 3 aromatic carbocycles. The molecule has 4 aromatic rings. The Labute approximate surface area is 226 Å². The normalized spacial score (nSPS) is 12.3. The molecule has 0 unspecified atom stereocenters. The maximum atomic E-state index is 13.0. The highest BCUT2D eigenvalue weighted by Crippen LogP contribution is 2.28. The van der Waals surface area contributed by atoms with E-state index in [0.29, 0.717) is 33.2 Å². The van der Waals surface area contributed by atoms with E-state index in [9.17, 15) is 9.59 Å². The largest absolute Gasteiger partial charge is 0.436 e. The molecule has 2 atom stereocenters. The van der Waals surface area contributed by atoms with Crippen molar-refractivity contribution in [2.75, 3.05) is 5.32 Å². The summed E-state index contributed by atoms with van der Waals surface area (Å²) >= 11 is 10.5. The Balaban J connectivity index is 1.45. The van der Waals surface area contributed by atoms with Gasteiger partial charge < -0.3 is 15.4 Å². The molecular formula is C29H26ClN3O3S. The number of aromatic nitrogens is 1. The van der Waals surface area contributed by atoms with Crippen LogP contribution in [0.2, 0.25) is 5.02 Å². The lowest BCUT2D eigenvalue weighted by atomic mass is 10.0. The van der Waals surface area contributed by atoms with Gasteiger partial charge in [0.15, 0.2) is 6.10 Å². The van der Waals surface area contributed by atoms with Crippen LogP contribution in [0.5, 0.6) is 0 Å². The zero-order chi connectivity index (χ0) is 26.2. The Kier molecular flexibility index (Phi) is 8.82. The third-order valence-corrected chi connectivity index (χ3v) is 6.38. The number of amides is 2. The van der Waals surface area contributed by atoms with Gasteiger partial charge >= 0.3 is 6.09 Å². The van der Waals surface area contributed by atoms with Crippen LogP contribution in [0.15, 0.2) is 102 Å². The average Bonchev–Trinajstić information content (AvgIpc) is 2.92. The molecule has 0 bridgehead atoms. The summed E-state index contributed by atoms with van der Waals surface area (Å²) in [4.78, 5) is 30.5. The van der Waals surface area contributed by atoms with Crippen molar-refractivity contribution in [3.63, 3.8) is 0 Å². The number of para-hydroxylation sites is 1. The average molecular weight is 532 g/mol. The van der Waals surface area contributed by atoms with E-state index in [2.05, 4.69) is 28.2 Å². The van der Waals surface area contributed by atoms with Crippen LogP contribution in [0, 0.1) is 0 Å². The fraction of sp³-hybridized carbons (Fsp3) is 0.138. The topological polar surface area (TPSA) is 80.3 Å². The van der Waals surface area contributed by atoms with Crippen molar-refractivity contribution in [2.24, 2.45) is 0 Å². The number of hydrogen-bond acceptors (Lipinski definition) is 5. The minimum Gasteiger partial charge on any atom is -0.436 e. The number of anilines is 1. The van der Waals surface area contributed by atoms with E-state index in [-0.39, 0.29) is 11.9 Å². The van der Waals surface area contributed by atoms with Crippen molar-refractivity contribution in [1.82, 2.24) is 10.3 Å². The lowest BCUT2D eigenvalue weighted by molar-refractivity contribution is 0.102. The molecule has 0 spiro atoms. The smallest absolute Gasteiger partial charge is 0.408 e. The predicted octanol–water partition coefficient (Wildman–Crippen LogP) is 7.24. The summed E-state index contributed by atoms with van der Waals surface area (Å²) in [7, 11) is 0. The standard InChI is InChI=1S/C29H26ClN3O3S/c1-2-24(19-12-14-21(15-13-19)28(34)32-25-10-6-7-11-26(25)37)33-29(35)36-27(20-8-4-3-5-9-20)22-16-23(30)18-31-17-22/h3-18,24,27,37H,2H2,1H3,(H,32,34)(H,33,35)/t24-,27-/m0/s1. The molecule has 37 heavy (non-hydrogen) atoms. The summed E-state index contributed by atoms with van der Waals surface area (Å²) in [5.74, 6) is -0.241. The Bertz CT molecular complexity index is 1370. The van der Waals surface area contributed by atoms with Gasteiger partial charge in [0.05, 0.1) is 16.8 Å². The van der Waals surface area contributed by atoms with Gasteiger partial charge in [-0.2, -0.15) is 0 Å². The second-order valence-corrected chi connectivity index (χ2v) is 9.25. The van der Waals surface area contributed by atoms with Gasteiger partial charge in [-0.15, -0.1) is 12.6 Å². The number of thiol groups is 1. The molecule has 0 radical (unpaired) electrons. The molecule has 2 amide bonds. The molecular weight excluding hydrogens is 506 g/mol. The quantitative estimate of drug-likeness (QED) is 0.209. The Morgan fingerprint density at radius 1 is 0.919 bits per heavy atom. The molecule has 6 nitrogen and oxygen atoms in total. The number of pyridine rings is 1. The summed E-state index contributed by atoms with van der Waals surface area (Å²) in [5, 5.41) is 6.25. The molecule has 0 saturated carbocycles. The number of halogens is 1. The Hall–Kier alpha value is -3.81. The van der Waals surface area contributed by atoms with Crippen LogP contribution in [0.3, 0.4) is 0 Å². The monoisotopic (exact) mass is 531 g/mol. The summed E-state index contributed by atoms with van der Waals surface area (Å²) in [6, 6.07) is 25.2. The number of ether oxygens (including phenoxy) is 1. The number of benzene rings is 3. The Morgan fingerprint density at radius 2 is 1.62 bits per heavy atom. The summed E-state index contributed by atoms with van der Waals surface area (Å²) in [5.41, 5.74) is 3.45. The van der Waals surface area contributed by atoms with Crippen LogP contribution >= 0.6 is 24.2 Å². The number of rotatable bonds is 8. The SMILES string of the molecule is CC[C@H](NC(=O)O[C@@H](c1ccccc1)c1cncc(Cl)c1)c1ccc(C(=O)Nc2ccccc2S)cc1. The Morgan fingerprint density at radius 3 is 2.30 bits per heavy atom. The number of carbonyl (C=O) groups is 2. The zero-order valence-electron chi connectivity index (χ0n) is 20.1. The van der Waals surface area contributed by atoms with Crippen molar-refractivity contribution < 1.29 is 14.3 Å². The number of carbonyl (C=O) groups excluding carboxylic acids is 2. The molecule has 188 valence electrons. The van der Waals surface area contributed by atoms with E-state index >= 15 is 0 Å². The first kappa shape index (κ1) is 26.3. The van der Waals surface area contributed by atoms with Gasteiger partial charge in [0.2, 0.25) is 0 Å². The lowest BCUT2D eigenvalue weighted by Crippen LogP contribution is -2.30. The highest BCUT2D eigenvalue weighted by Gasteiger charge is 2.22. The van der Waals surface area contributed by atoms with Crippen LogP contribution in [-0.2, 0) is 4.74 Å². The number of nitrogens with one attached hydrogen (secondary N) is 2. The molecule has 4 rings (SSSR count). The maximum Gasteiger partial charge on any atom is 0.408 e. The van der Waals surface area contributed by atoms with Gasteiger partial charge in [-0.3, -0.25) is 9.78 Å². The van der Waals surface area contributed by atoms with Crippen molar-refractivity contribution in [3.05, 3.63) is 125 Å². The van der Waals surface area contributed by atoms with E-state index in [1.54, 1.807) is 30.5 Å². The van der Waals surface area contributed by atoms with E-state index < -0.39 is 12.2 Å². The predicted molar refractivity (Wildman–Crippen MR) is 148 cm³/mol. The first-order valence-corrected chi connectivity index (χ1v) is 12.6. The van der Waals surface area contributed by atoms with Crippen molar-refractivity contribution in [1.29, 1.82) is 0 Å². The molecule has 0 fully saturated rings. The lowest BCUT2D eigenvalue weighted by Gasteiger charge is -2.22. The molecule has 0 saturated heterocycles. The number of alkyl carbamates (subject to hydrolysis) is 1. The van der Waals surface area contributed by atoms with Gasteiger partial charge in [-0.1, -0.05) is 73.1 Å². The molecule has 0 aliphatic heterocycles. The first-order valence-electron chi connectivity index (χ1n) is 11.8. The van der Waals surface area contributed by atoms with Crippen molar-refractivity contribution in [3.8, 4) is 0 Å². The van der Waals surface area contributed by atoms with Gasteiger partial charge in [0, 0.05) is 28.4 Å². The molecule has 2 N–H and O–H groups in total. The van der Waals surface area contributed by atoms with E-state index in [1.165, 1.54) is 6.20 Å². The highest BCUT2D eigenvalue weighted by molar-refractivity contribution is 7.80. The summed E-state index contributed by atoms with van der Waals surface area (Å²) < 4.78 is 5.85. The van der Waals surface area contributed by atoms with Gasteiger partial charge in [0.25, 0.3) is 5.91 Å². The summed E-state index contributed by atoms with van der Waals surface area (Å²) in [6.45, 7) is 1.96. The van der Waals surface area contributed by atoms with E-state index in [1.807, 2.05) is 67.6 Å². The van der Waals surface area contributed by atoms with Crippen LogP contribution in [-0.4, -0.2) is 17.0 Å². The number of hydrogen-bond donors (Lipinski definition) is 3. The van der Waals surface area contributed by atoms with Crippen LogP contribution in [0.25, 0.3) is 0 Å². The van der Waals surface area contributed by atoms with Gasteiger partial charge in [-0.25, -0.2) is 4.79 Å². The van der Waals surface area contributed by atoms with Crippen LogP contribution in [0.4, 0.5) is 10.5 Å². The first-order chi connectivity index (χ1) is 17.9. The number of nitrogens with zero attached hydrogens (tertiary/aromatic N) is 1. The molecule has 1 heterocycles. The van der Waals surface area contributed by atoms with Crippen molar-refractivity contribution >= 4 is 41.9 Å². The third-order valence-electron chi connectivity index (χ3n) is 5.78. The summed E-state index contributed by atoms with van der Waals surface area (Å²) in [6.07, 6.45) is 2.53. The van der Waals surface area contributed by atoms with E-state index in [4.69, 9.17) is 16.3 Å². The highest BCUT2D eigenvalue weighted by atomic mass is 35.5. The molecule has 0 aliphatic rings. The molecule has 1 aromatic heterocycles.